The average Bonchev–Trinajstić information content (AvgIpc) is 2.76. The summed E-state index contributed by atoms with van der Waals surface area (Å²) in [5, 5.41) is 21.4. The van der Waals surface area contributed by atoms with E-state index in [0.717, 1.165) is 0 Å². The van der Waals surface area contributed by atoms with Crippen LogP contribution in [0.3, 0.4) is 0 Å². The number of nitrogens with zero attached hydrogens (tertiary/aromatic N) is 2. The van der Waals surface area contributed by atoms with Crippen molar-refractivity contribution >= 4 is 23.3 Å². The van der Waals surface area contributed by atoms with Crippen LogP contribution < -0.4 is 0 Å². The summed E-state index contributed by atoms with van der Waals surface area (Å²) in [6.45, 7) is 1.79. The van der Waals surface area contributed by atoms with E-state index in [4.69, 9.17) is 21.7 Å². The fourth-order valence-corrected chi connectivity index (χ4v) is 1.46. The molecular weight excluding hydrogens is 258 g/mol. The molecule has 18 heavy (non-hydrogen) atoms. The Morgan fingerprint density at radius 2 is 2.33 bits per heavy atom. The third-order valence-corrected chi connectivity index (χ3v) is 2.39. The Hall–Kier alpha value is -1.82. The molecule has 1 aromatic rings. The van der Waals surface area contributed by atoms with Crippen molar-refractivity contribution in [1.82, 2.24) is 9.78 Å². The number of hydrogen-bond acceptors (Lipinski definition) is 5. The fourth-order valence-electron chi connectivity index (χ4n) is 1.33. The van der Waals surface area contributed by atoms with Gasteiger partial charge in [0.05, 0.1) is 24.4 Å². The number of aromatic nitrogens is 2. The van der Waals surface area contributed by atoms with Crippen molar-refractivity contribution in [2.24, 2.45) is 7.05 Å². The molecule has 0 saturated heterocycles. The normalized spacial score (nSPS) is 11.9. The van der Waals surface area contributed by atoms with Gasteiger partial charge in [-0.2, -0.15) is 5.10 Å². The second kappa shape index (κ2) is 6.20. The highest BCUT2D eigenvalue weighted by atomic mass is 35.5. The molecule has 0 aliphatic carbocycles. The van der Waals surface area contributed by atoms with Crippen LogP contribution >= 0.6 is 11.6 Å². The van der Waals surface area contributed by atoms with E-state index in [9.17, 15) is 9.90 Å². The summed E-state index contributed by atoms with van der Waals surface area (Å²) in [6, 6.07) is 0. The van der Waals surface area contributed by atoms with E-state index in [1.54, 1.807) is 20.2 Å². The number of hydrogen-bond donors (Lipinski definition) is 2. The molecule has 0 atom stereocenters. The Labute approximate surface area is 109 Å². The average molecular weight is 272 g/mol. The summed E-state index contributed by atoms with van der Waals surface area (Å²) in [5.41, 5.74) is -0.00299. The van der Waals surface area contributed by atoms with Crippen LogP contribution in [0.4, 0.5) is 0 Å². The number of carbonyl (C=O) groups is 1. The largest absolute Gasteiger partial charge is 0.510 e. The zero-order valence-corrected chi connectivity index (χ0v) is 10.9. The van der Waals surface area contributed by atoms with E-state index in [2.05, 4.69) is 5.10 Å². The number of rotatable bonds is 5. The number of allylic oxidation sites excluding steroid dienone is 1. The molecule has 0 aliphatic rings. The minimum atomic E-state index is -0.774. The summed E-state index contributed by atoms with van der Waals surface area (Å²) in [4.78, 5) is 11.7. The maximum Gasteiger partial charge on any atom is 0.343 e. The lowest BCUT2D eigenvalue weighted by Gasteiger charge is -2.08. The first kappa shape index (κ1) is 14.2. The zero-order chi connectivity index (χ0) is 13.7. The lowest BCUT2D eigenvalue weighted by molar-refractivity contribution is -0.138. The Kier molecular flexibility index (Phi) is 4.91. The predicted molar refractivity (Wildman–Crippen MR) is 67.0 cm³/mol. The maximum absolute atomic E-state index is 11.7. The van der Waals surface area contributed by atoms with E-state index < -0.39 is 5.97 Å². The Balaban J connectivity index is 3.13. The molecule has 6 nitrogen and oxygen atoms in total. The molecule has 0 aromatic carbocycles. The lowest BCUT2D eigenvalue weighted by Crippen LogP contribution is -2.19. The Morgan fingerprint density at radius 1 is 1.67 bits per heavy atom. The maximum atomic E-state index is 11.7. The van der Waals surface area contributed by atoms with Crippen LogP contribution in [0, 0.1) is 5.41 Å². The summed E-state index contributed by atoms with van der Waals surface area (Å²) in [7, 11) is 1.69. The van der Waals surface area contributed by atoms with Crippen LogP contribution in [0.25, 0.3) is 0 Å². The molecule has 98 valence electrons. The van der Waals surface area contributed by atoms with Crippen LogP contribution in [0.5, 0.6) is 0 Å². The van der Waals surface area contributed by atoms with E-state index in [-0.39, 0.29) is 29.5 Å². The van der Waals surface area contributed by atoms with Crippen molar-refractivity contribution in [1.29, 1.82) is 5.41 Å². The second-order valence-corrected chi connectivity index (χ2v) is 3.72. The number of aliphatic hydroxyl groups is 1. The molecule has 0 amide bonds. The Bertz CT molecular complexity index is 493. The molecule has 0 saturated carbocycles. The monoisotopic (exact) mass is 271 g/mol. The number of alkyl halides is 1. The SMILES string of the molecule is CCOC(=O)/C(C(=N)c1cnn(C)c1)=C(/O)CCl. The van der Waals surface area contributed by atoms with E-state index in [1.165, 1.54) is 10.9 Å². The fraction of sp³-hybridized carbons (Fsp3) is 0.364. The van der Waals surface area contributed by atoms with Gasteiger partial charge in [0.15, 0.2) is 0 Å². The molecule has 0 radical (unpaired) electrons. The molecule has 7 heteroatoms. The smallest absolute Gasteiger partial charge is 0.343 e. The van der Waals surface area contributed by atoms with Crippen molar-refractivity contribution in [3.8, 4) is 0 Å². The van der Waals surface area contributed by atoms with Crippen molar-refractivity contribution in [2.75, 3.05) is 12.5 Å². The van der Waals surface area contributed by atoms with Gasteiger partial charge in [0, 0.05) is 18.8 Å². The molecule has 0 fully saturated rings. The molecule has 0 bridgehead atoms. The van der Waals surface area contributed by atoms with Crippen LogP contribution in [-0.4, -0.2) is 39.1 Å². The lowest BCUT2D eigenvalue weighted by atomic mass is 10.0. The van der Waals surface area contributed by atoms with Crippen molar-refractivity contribution in [3.05, 3.63) is 29.3 Å². The highest BCUT2D eigenvalue weighted by Gasteiger charge is 2.23. The highest BCUT2D eigenvalue weighted by Crippen LogP contribution is 2.13. The van der Waals surface area contributed by atoms with Gasteiger partial charge in [-0.15, -0.1) is 11.6 Å². The number of halogens is 1. The quantitative estimate of drug-likeness (QED) is 0.279. The molecule has 0 unspecified atom stereocenters. The zero-order valence-electron chi connectivity index (χ0n) is 10.1. The van der Waals surface area contributed by atoms with Gasteiger partial charge in [0.25, 0.3) is 0 Å². The van der Waals surface area contributed by atoms with Crippen LogP contribution in [0.2, 0.25) is 0 Å². The van der Waals surface area contributed by atoms with Gasteiger partial charge in [-0.1, -0.05) is 0 Å². The van der Waals surface area contributed by atoms with Gasteiger partial charge < -0.3 is 9.84 Å². The first-order valence-electron chi connectivity index (χ1n) is 5.24. The first-order valence-corrected chi connectivity index (χ1v) is 5.77. The molecule has 0 spiro atoms. The summed E-state index contributed by atoms with van der Waals surface area (Å²) >= 11 is 5.49. The van der Waals surface area contributed by atoms with Gasteiger partial charge in [-0.05, 0) is 6.92 Å². The third-order valence-electron chi connectivity index (χ3n) is 2.14. The van der Waals surface area contributed by atoms with Gasteiger partial charge >= 0.3 is 5.97 Å². The van der Waals surface area contributed by atoms with Crippen molar-refractivity contribution in [3.63, 3.8) is 0 Å². The summed E-state index contributed by atoms with van der Waals surface area (Å²) < 4.78 is 6.28. The third kappa shape index (κ3) is 3.10. The summed E-state index contributed by atoms with van der Waals surface area (Å²) in [6.07, 6.45) is 2.98. The molecule has 2 N–H and O–H groups in total. The number of nitrogens with one attached hydrogen (secondary N) is 1. The van der Waals surface area contributed by atoms with E-state index in [1.807, 2.05) is 0 Å². The van der Waals surface area contributed by atoms with Crippen molar-refractivity contribution < 1.29 is 14.6 Å². The molecule has 1 aromatic heterocycles. The predicted octanol–water partition coefficient (Wildman–Crippen LogP) is 1.40. The second-order valence-electron chi connectivity index (χ2n) is 3.45. The topological polar surface area (TPSA) is 88.2 Å². The molecule has 1 heterocycles. The number of carbonyl (C=O) groups excluding carboxylic acids is 1. The van der Waals surface area contributed by atoms with E-state index >= 15 is 0 Å². The minimum Gasteiger partial charge on any atom is -0.510 e. The number of esters is 1. The number of aliphatic hydroxyl groups excluding tert-OH is 1. The summed E-state index contributed by atoms with van der Waals surface area (Å²) in [5.74, 6) is -1.43. The molecule has 0 aliphatic heterocycles. The molecular formula is C11H14ClN3O3. The van der Waals surface area contributed by atoms with Gasteiger partial charge in [-0.25, -0.2) is 4.79 Å². The van der Waals surface area contributed by atoms with E-state index in [0.29, 0.717) is 5.56 Å². The molecule has 1 rings (SSSR count). The highest BCUT2D eigenvalue weighted by molar-refractivity contribution is 6.27. The first-order chi connectivity index (χ1) is 8.51. The number of aryl methyl sites for hydroxylation is 1. The number of ether oxygens (including phenoxy) is 1. The van der Waals surface area contributed by atoms with Crippen molar-refractivity contribution in [2.45, 2.75) is 6.92 Å². The van der Waals surface area contributed by atoms with Crippen LogP contribution in [0.1, 0.15) is 12.5 Å². The van der Waals surface area contributed by atoms with Crippen LogP contribution in [-0.2, 0) is 16.6 Å². The van der Waals surface area contributed by atoms with Gasteiger partial charge in [0.2, 0.25) is 0 Å². The minimum absolute atomic E-state index is 0.151. The van der Waals surface area contributed by atoms with Gasteiger partial charge in [-0.3, -0.25) is 10.1 Å². The van der Waals surface area contributed by atoms with Crippen LogP contribution in [0.15, 0.2) is 23.7 Å². The van der Waals surface area contributed by atoms with Gasteiger partial charge in [0.1, 0.15) is 11.3 Å². The standard InChI is InChI=1S/C11H14ClN3O3/c1-3-18-11(17)9(8(16)4-12)10(13)7-5-14-15(2)6-7/h5-6,13,16H,3-4H2,1-2H3/b9-8+,13-10?. The Morgan fingerprint density at radius 3 is 2.78 bits per heavy atom.